The molecule has 40 heavy (non-hydrogen) atoms. The number of halogens is 6. The molecule has 1 nitrogen and oxygen atoms in total. The summed E-state index contributed by atoms with van der Waals surface area (Å²) in [4.78, 5) is -0.750. The van der Waals surface area contributed by atoms with Gasteiger partial charge in [-0.3, -0.25) is 0 Å². The standard InChI is InChI=1S/C30H18F6OS3/c1-13-21-19(11-12-20-23(21)16-8-4-5-9-17(16)38-20)40-26(13)24-25(29(33,34)30(35,36)28(24,31)32)27-22(14(2)37)15-7-3-6-10-18(15)39-27/h3-12,14,37H,1-2H3. The van der Waals surface area contributed by atoms with E-state index in [1.165, 1.54) is 25.2 Å². The number of fused-ring (bicyclic) bond motifs is 6. The number of allylic oxidation sites excluding steroid dienone is 2. The van der Waals surface area contributed by atoms with E-state index in [2.05, 4.69) is 0 Å². The van der Waals surface area contributed by atoms with Crippen molar-refractivity contribution in [3.63, 3.8) is 0 Å². The van der Waals surface area contributed by atoms with Gasteiger partial charge in [-0.1, -0.05) is 36.4 Å². The Morgan fingerprint density at radius 3 is 1.75 bits per heavy atom. The van der Waals surface area contributed by atoms with Crippen molar-refractivity contribution in [2.24, 2.45) is 0 Å². The van der Waals surface area contributed by atoms with Crippen LogP contribution in [0.15, 0.2) is 60.7 Å². The van der Waals surface area contributed by atoms with Crippen LogP contribution in [0.4, 0.5) is 26.3 Å². The van der Waals surface area contributed by atoms with Crippen LogP contribution in [0.5, 0.6) is 0 Å². The maximum absolute atomic E-state index is 15.8. The van der Waals surface area contributed by atoms with Gasteiger partial charge in [-0.2, -0.15) is 26.3 Å². The van der Waals surface area contributed by atoms with E-state index in [1.54, 1.807) is 30.3 Å². The number of aliphatic hydroxyl groups excluding tert-OH is 1. The molecular weight excluding hydrogens is 587 g/mol. The fourth-order valence-corrected chi connectivity index (χ4v) is 9.59. The lowest BCUT2D eigenvalue weighted by Crippen LogP contribution is -2.48. The van der Waals surface area contributed by atoms with Crippen LogP contribution in [-0.4, -0.2) is 22.9 Å². The molecular formula is C30H18F6OS3. The van der Waals surface area contributed by atoms with Gasteiger partial charge in [0.25, 0.3) is 0 Å². The van der Waals surface area contributed by atoms with Crippen LogP contribution < -0.4 is 0 Å². The average molecular weight is 605 g/mol. The minimum atomic E-state index is -5.68. The molecule has 10 heteroatoms. The molecule has 0 aliphatic heterocycles. The first kappa shape index (κ1) is 26.0. The monoisotopic (exact) mass is 604 g/mol. The van der Waals surface area contributed by atoms with Gasteiger partial charge < -0.3 is 5.11 Å². The van der Waals surface area contributed by atoms with Gasteiger partial charge >= 0.3 is 17.8 Å². The smallest absolute Gasteiger partial charge is 0.380 e. The lowest BCUT2D eigenvalue weighted by Gasteiger charge is -2.25. The first-order chi connectivity index (χ1) is 18.9. The van der Waals surface area contributed by atoms with Gasteiger partial charge in [0.15, 0.2) is 0 Å². The molecule has 0 radical (unpaired) electrons. The van der Waals surface area contributed by atoms with Crippen LogP contribution in [0.3, 0.4) is 0 Å². The number of alkyl halides is 6. The summed E-state index contributed by atoms with van der Waals surface area (Å²) in [5, 5.41) is 13.2. The highest BCUT2D eigenvalue weighted by Gasteiger charge is 2.80. The third kappa shape index (κ3) is 3.13. The molecule has 204 valence electrons. The van der Waals surface area contributed by atoms with E-state index in [-0.39, 0.29) is 16.0 Å². The van der Waals surface area contributed by atoms with Crippen molar-refractivity contribution < 1.29 is 31.4 Å². The third-order valence-corrected chi connectivity index (χ3v) is 11.2. The molecule has 6 aromatic rings. The maximum Gasteiger partial charge on any atom is 0.380 e. The second-order valence-electron chi connectivity index (χ2n) is 9.96. The minimum absolute atomic E-state index is 0.0636. The highest BCUT2D eigenvalue weighted by Crippen LogP contribution is 2.67. The summed E-state index contributed by atoms with van der Waals surface area (Å²) in [6, 6.07) is 17.5. The van der Waals surface area contributed by atoms with E-state index in [0.717, 1.165) is 31.5 Å². The Kier molecular flexibility index (Phi) is 5.41. The SMILES string of the molecule is Cc1c(C2=C(c3sc4ccccc4c3C(C)O)C(F)(F)C(F)(F)C2(F)F)sc2ccc3sc4ccccc4c3c12. The van der Waals surface area contributed by atoms with Gasteiger partial charge in [0.05, 0.1) is 17.3 Å². The maximum atomic E-state index is 15.8. The van der Waals surface area contributed by atoms with Gasteiger partial charge in [-0.15, -0.1) is 34.0 Å². The second-order valence-corrected chi connectivity index (χ2v) is 13.1. The van der Waals surface area contributed by atoms with E-state index in [1.807, 2.05) is 30.3 Å². The zero-order chi connectivity index (χ0) is 28.4. The topological polar surface area (TPSA) is 20.2 Å². The fourth-order valence-electron chi connectivity index (χ4n) is 5.80. The zero-order valence-electron chi connectivity index (χ0n) is 20.8. The van der Waals surface area contributed by atoms with Crippen molar-refractivity contribution in [2.45, 2.75) is 37.7 Å². The molecule has 1 aliphatic rings. The summed E-state index contributed by atoms with van der Waals surface area (Å²) in [5.41, 5.74) is -2.61. The number of aliphatic hydroxyl groups is 1. The van der Waals surface area contributed by atoms with Gasteiger partial charge in [-0.05, 0) is 49.1 Å². The van der Waals surface area contributed by atoms with E-state index < -0.39 is 39.9 Å². The highest BCUT2D eigenvalue weighted by atomic mass is 32.1. The molecule has 0 spiro atoms. The predicted octanol–water partition coefficient (Wildman–Crippen LogP) is 10.7. The molecule has 1 aliphatic carbocycles. The van der Waals surface area contributed by atoms with Crippen molar-refractivity contribution in [2.75, 3.05) is 0 Å². The number of aryl methyl sites for hydroxylation is 1. The summed E-state index contributed by atoms with van der Waals surface area (Å²) in [7, 11) is 0. The number of benzene rings is 3. The quantitative estimate of drug-likeness (QED) is 0.199. The molecule has 0 amide bonds. The average Bonchev–Trinajstić information content (AvgIpc) is 3.59. The van der Waals surface area contributed by atoms with Crippen molar-refractivity contribution in [3.8, 4) is 0 Å². The van der Waals surface area contributed by atoms with Crippen LogP contribution in [0, 0.1) is 6.92 Å². The molecule has 0 fully saturated rings. The Morgan fingerprint density at radius 2 is 1.12 bits per heavy atom. The summed E-state index contributed by atoms with van der Waals surface area (Å²) >= 11 is 3.03. The van der Waals surface area contributed by atoms with Gasteiger partial charge in [0.2, 0.25) is 0 Å². The van der Waals surface area contributed by atoms with Crippen molar-refractivity contribution >= 4 is 85.5 Å². The summed E-state index contributed by atoms with van der Waals surface area (Å²) in [6.07, 6.45) is -1.36. The van der Waals surface area contributed by atoms with Crippen LogP contribution in [0.1, 0.15) is 33.9 Å². The summed E-state index contributed by atoms with van der Waals surface area (Å²) < 4.78 is 96.1. The van der Waals surface area contributed by atoms with Crippen molar-refractivity contribution in [3.05, 3.63) is 81.5 Å². The molecule has 0 saturated carbocycles. The number of hydrogen-bond acceptors (Lipinski definition) is 4. The molecule has 0 bridgehead atoms. The normalized spacial score (nSPS) is 19.0. The van der Waals surface area contributed by atoms with Gasteiger partial charge in [0, 0.05) is 50.3 Å². The van der Waals surface area contributed by atoms with Gasteiger partial charge in [0.1, 0.15) is 0 Å². The molecule has 1 N–H and O–H groups in total. The predicted molar refractivity (Wildman–Crippen MR) is 154 cm³/mol. The molecule has 3 aromatic heterocycles. The Morgan fingerprint density at radius 1 is 0.625 bits per heavy atom. The summed E-state index contributed by atoms with van der Waals surface area (Å²) in [5.74, 6) is -16.0. The number of rotatable bonds is 3. The molecule has 3 aromatic carbocycles. The Hall–Kier alpha value is -2.92. The van der Waals surface area contributed by atoms with Gasteiger partial charge in [-0.25, -0.2) is 0 Å². The molecule has 1 atom stereocenters. The number of hydrogen-bond donors (Lipinski definition) is 1. The number of thiophene rings is 3. The largest absolute Gasteiger partial charge is 0.389 e. The Labute approximate surface area is 235 Å². The highest BCUT2D eigenvalue weighted by molar-refractivity contribution is 7.26. The minimum Gasteiger partial charge on any atom is -0.389 e. The van der Waals surface area contributed by atoms with Crippen molar-refractivity contribution in [1.82, 2.24) is 0 Å². The van der Waals surface area contributed by atoms with E-state index >= 15 is 26.3 Å². The van der Waals surface area contributed by atoms with E-state index in [9.17, 15) is 5.11 Å². The van der Waals surface area contributed by atoms with Crippen LogP contribution in [0.25, 0.3) is 51.5 Å². The summed E-state index contributed by atoms with van der Waals surface area (Å²) in [6.45, 7) is 2.83. The molecule has 3 heterocycles. The van der Waals surface area contributed by atoms with E-state index in [4.69, 9.17) is 0 Å². The van der Waals surface area contributed by atoms with Crippen LogP contribution in [0.2, 0.25) is 0 Å². The first-order valence-electron chi connectivity index (χ1n) is 12.3. The molecule has 1 unspecified atom stereocenters. The van der Waals surface area contributed by atoms with Crippen LogP contribution in [-0.2, 0) is 0 Å². The fraction of sp³-hybridized carbons (Fsp3) is 0.200. The van der Waals surface area contributed by atoms with Crippen molar-refractivity contribution in [1.29, 1.82) is 0 Å². The second kappa shape index (κ2) is 8.31. The van der Waals surface area contributed by atoms with Crippen LogP contribution >= 0.6 is 34.0 Å². The zero-order valence-corrected chi connectivity index (χ0v) is 23.2. The lowest BCUT2D eigenvalue weighted by atomic mass is 9.96. The lowest BCUT2D eigenvalue weighted by molar-refractivity contribution is -0.254. The Bertz CT molecular complexity index is 2040. The third-order valence-electron chi connectivity index (χ3n) is 7.61. The Balaban J connectivity index is 1.64. The first-order valence-corrected chi connectivity index (χ1v) is 14.7. The molecule has 0 saturated heterocycles. The van der Waals surface area contributed by atoms with E-state index in [0.29, 0.717) is 31.5 Å². The molecule has 7 rings (SSSR count).